The van der Waals surface area contributed by atoms with Gasteiger partial charge < -0.3 is 5.32 Å². The van der Waals surface area contributed by atoms with Crippen LogP contribution in [-0.2, 0) is 16.3 Å². The molecule has 2 aliphatic rings. The van der Waals surface area contributed by atoms with E-state index in [-0.39, 0.29) is 16.1 Å². The molecule has 1 heterocycles. The van der Waals surface area contributed by atoms with E-state index in [2.05, 4.69) is 16.4 Å². The predicted molar refractivity (Wildman–Crippen MR) is 91.5 cm³/mol. The van der Waals surface area contributed by atoms with Gasteiger partial charge in [0.1, 0.15) is 0 Å². The normalized spacial score (nSPS) is 19.5. The highest BCUT2D eigenvalue weighted by atomic mass is 32.2. The first-order valence-corrected chi connectivity index (χ1v) is 9.32. The van der Waals surface area contributed by atoms with Crippen molar-refractivity contribution in [3.63, 3.8) is 0 Å². The van der Waals surface area contributed by atoms with Gasteiger partial charge >= 0.3 is 0 Å². The standard InChI is InChI=1S/C18H18N2O2S/c1-12-8-10-14(11-9-12)23(21,22)18-19-15-6-2-4-13-5-3-7-16(20-18)17(13)15/h2,4,6,8-11,16H,3,5,7H2,1H3,(H,19,20). The Balaban J connectivity index is 1.79. The zero-order valence-electron chi connectivity index (χ0n) is 12.9. The fourth-order valence-electron chi connectivity index (χ4n) is 3.35. The molecular weight excluding hydrogens is 308 g/mol. The molecule has 23 heavy (non-hydrogen) atoms. The minimum absolute atomic E-state index is 0.0496. The Kier molecular flexibility index (Phi) is 3.27. The van der Waals surface area contributed by atoms with Gasteiger partial charge in [0.15, 0.2) is 0 Å². The predicted octanol–water partition coefficient (Wildman–Crippen LogP) is 3.63. The van der Waals surface area contributed by atoms with Gasteiger partial charge in [0, 0.05) is 11.3 Å². The number of hydrogen-bond donors (Lipinski definition) is 1. The SMILES string of the molecule is Cc1ccc(S(=O)(=O)C2=NC3CCCc4cccc(c43)N2)cc1. The molecule has 4 rings (SSSR count). The second-order valence-corrected chi connectivity index (χ2v) is 8.03. The second kappa shape index (κ2) is 5.20. The van der Waals surface area contributed by atoms with E-state index in [0.29, 0.717) is 0 Å². The molecule has 2 aromatic carbocycles. The third-order valence-electron chi connectivity index (χ3n) is 4.55. The van der Waals surface area contributed by atoms with Crippen LogP contribution in [0, 0.1) is 6.92 Å². The zero-order valence-corrected chi connectivity index (χ0v) is 13.7. The molecule has 5 heteroatoms. The van der Waals surface area contributed by atoms with Crippen molar-refractivity contribution in [1.82, 2.24) is 0 Å². The van der Waals surface area contributed by atoms with Gasteiger partial charge in [0.05, 0.1) is 10.9 Å². The summed E-state index contributed by atoms with van der Waals surface area (Å²) in [6.07, 6.45) is 2.98. The zero-order chi connectivity index (χ0) is 16.0. The minimum atomic E-state index is -3.61. The Hall–Kier alpha value is -2.14. The Labute approximate surface area is 136 Å². The molecule has 0 bridgehead atoms. The molecule has 1 unspecified atom stereocenters. The van der Waals surface area contributed by atoms with Crippen LogP contribution in [0.15, 0.2) is 52.4 Å². The largest absolute Gasteiger partial charge is 0.330 e. The number of aliphatic imine (C=N–C) groups is 1. The van der Waals surface area contributed by atoms with Crippen molar-refractivity contribution in [2.24, 2.45) is 4.99 Å². The summed E-state index contributed by atoms with van der Waals surface area (Å²) in [6.45, 7) is 1.94. The summed E-state index contributed by atoms with van der Waals surface area (Å²) < 4.78 is 25.8. The third-order valence-corrected chi connectivity index (χ3v) is 6.16. The van der Waals surface area contributed by atoms with E-state index in [1.165, 1.54) is 11.1 Å². The van der Waals surface area contributed by atoms with Crippen molar-refractivity contribution in [2.75, 3.05) is 5.32 Å². The van der Waals surface area contributed by atoms with Crippen molar-refractivity contribution in [1.29, 1.82) is 0 Å². The van der Waals surface area contributed by atoms with Gasteiger partial charge in [-0.2, -0.15) is 0 Å². The summed E-state index contributed by atoms with van der Waals surface area (Å²) in [5.74, 6) is 0. The summed E-state index contributed by atoms with van der Waals surface area (Å²) in [5, 5.41) is 3.12. The molecule has 1 aliphatic heterocycles. The molecule has 118 valence electrons. The Morgan fingerprint density at radius 2 is 1.91 bits per heavy atom. The average Bonchev–Trinajstić information content (AvgIpc) is 2.56. The molecule has 0 aromatic heterocycles. The maximum absolute atomic E-state index is 12.9. The number of rotatable bonds is 1. The lowest BCUT2D eigenvalue weighted by Gasteiger charge is -2.30. The number of amidine groups is 1. The van der Waals surface area contributed by atoms with Crippen LogP contribution < -0.4 is 5.32 Å². The quantitative estimate of drug-likeness (QED) is 0.870. The molecule has 0 fully saturated rings. The highest BCUT2D eigenvalue weighted by Crippen LogP contribution is 2.40. The lowest BCUT2D eigenvalue weighted by molar-refractivity contribution is 0.569. The van der Waals surface area contributed by atoms with E-state index >= 15 is 0 Å². The fraction of sp³-hybridized carbons (Fsp3) is 0.278. The molecule has 2 aromatic rings. The van der Waals surface area contributed by atoms with E-state index in [9.17, 15) is 8.42 Å². The minimum Gasteiger partial charge on any atom is -0.330 e. The average molecular weight is 326 g/mol. The van der Waals surface area contributed by atoms with Crippen molar-refractivity contribution >= 4 is 20.7 Å². The molecule has 4 nitrogen and oxygen atoms in total. The highest BCUT2D eigenvalue weighted by molar-refractivity contribution is 8.06. The molecule has 1 atom stereocenters. The number of anilines is 1. The Bertz CT molecular complexity index is 899. The summed E-state index contributed by atoms with van der Waals surface area (Å²) in [7, 11) is -3.61. The fourth-order valence-corrected chi connectivity index (χ4v) is 4.58. The van der Waals surface area contributed by atoms with Crippen LogP contribution in [-0.4, -0.2) is 13.6 Å². The third kappa shape index (κ3) is 2.36. The van der Waals surface area contributed by atoms with Gasteiger partial charge in [-0.25, -0.2) is 13.4 Å². The smallest absolute Gasteiger partial charge is 0.239 e. The van der Waals surface area contributed by atoms with Crippen LogP contribution in [0.1, 0.15) is 35.6 Å². The van der Waals surface area contributed by atoms with E-state index in [0.717, 1.165) is 30.5 Å². The van der Waals surface area contributed by atoms with Crippen LogP contribution in [0.25, 0.3) is 0 Å². The van der Waals surface area contributed by atoms with Gasteiger partial charge in [0.2, 0.25) is 15.0 Å². The Morgan fingerprint density at radius 1 is 1.13 bits per heavy atom. The highest BCUT2D eigenvalue weighted by Gasteiger charge is 2.32. The molecule has 0 saturated carbocycles. The number of aryl methyl sites for hydroxylation is 2. The number of benzene rings is 2. The summed E-state index contributed by atoms with van der Waals surface area (Å²) in [5.41, 5.74) is 4.36. The van der Waals surface area contributed by atoms with Gasteiger partial charge in [-0.05, 0) is 49.9 Å². The molecular formula is C18H18N2O2S. The van der Waals surface area contributed by atoms with E-state index in [1.54, 1.807) is 12.1 Å². The monoisotopic (exact) mass is 326 g/mol. The van der Waals surface area contributed by atoms with E-state index in [4.69, 9.17) is 0 Å². The maximum atomic E-state index is 12.9. The van der Waals surface area contributed by atoms with Crippen LogP contribution >= 0.6 is 0 Å². The molecule has 1 N–H and O–H groups in total. The molecule has 0 amide bonds. The lowest BCUT2D eigenvalue weighted by atomic mass is 9.86. The number of nitrogens with zero attached hydrogens (tertiary/aromatic N) is 1. The first-order chi connectivity index (χ1) is 11.1. The van der Waals surface area contributed by atoms with Crippen LogP contribution in [0.4, 0.5) is 5.69 Å². The van der Waals surface area contributed by atoms with Gasteiger partial charge in [-0.15, -0.1) is 0 Å². The Morgan fingerprint density at radius 3 is 2.70 bits per heavy atom. The number of nitrogens with one attached hydrogen (secondary N) is 1. The van der Waals surface area contributed by atoms with E-state index in [1.807, 2.05) is 31.2 Å². The van der Waals surface area contributed by atoms with Crippen LogP contribution in [0.5, 0.6) is 0 Å². The van der Waals surface area contributed by atoms with E-state index < -0.39 is 9.84 Å². The van der Waals surface area contributed by atoms with Crippen molar-refractivity contribution in [3.05, 3.63) is 59.2 Å². The molecule has 0 radical (unpaired) electrons. The van der Waals surface area contributed by atoms with Gasteiger partial charge in [-0.1, -0.05) is 29.8 Å². The first-order valence-electron chi connectivity index (χ1n) is 7.84. The summed E-state index contributed by atoms with van der Waals surface area (Å²) in [6, 6.07) is 12.9. The van der Waals surface area contributed by atoms with Gasteiger partial charge in [0.25, 0.3) is 0 Å². The first kappa shape index (κ1) is 14.5. The molecule has 1 aliphatic carbocycles. The molecule has 0 saturated heterocycles. The summed E-state index contributed by atoms with van der Waals surface area (Å²) in [4.78, 5) is 4.82. The summed E-state index contributed by atoms with van der Waals surface area (Å²) >= 11 is 0. The number of sulfone groups is 1. The second-order valence-electron chi connectivity index (χ2n) is 6.16. The lowest BCUT2D eigenvalue weighted by Crippen LogP contribution is -2.30. The molecule has 0 spiro atoms. The topological polar surface area (TPSA) is 58.5 Å². The van der Waals surface area contributed by atoms with Crippen molar-refractivity contribution in [2.45, 2.75) is 37.1 Å². The van der Waals surface area contributed by atoms with Crippen LogP contribution in [0.3, 0.4) is 0 Å². The van der Waals surface area contributed by atoms with Gasteiger partial charge in [-0.3, -0.25) is 0 Å². The maximum Gasteiger partial charge on any atom is 0.239 e. The van der Waals surface area contributed by atoms with Crippen molar-refractivity contribution < 1.29 is 8.42 Å². The van der Waals surface area contributed by atoms with Crippen molar-refractivity contribution in [3.8, 4) is 0 Å². The van der Waals surface area contributed by atoms with Crippen LogP contribution in [0.2, 0.25) is 0 Å². The number of hydrogen-bond acceptors (Lipinski definition) is 4.